The molecule has 13 heteroatoms. The molecule has 0 N–H and O–H groups in total. The number of alkyl halides is 6. The number of hydrogen-bond donors (Lipinski definition) is 0. The molecule has 0 aliphatic heterocycles. The zero-order valence-electron chi connectivity index (χ0n) is 18.7. The van der Waals surface area contributed by atoms with E-state index in [2.05, 4.69) is 21.0 Å². The van der Waals surface area contributed by atoms with E-state index in [-0.39, 0.29) is 42.6 Å². The molecule has 0 radical (unpaired) electrons. The number of aromatic nitrogens is 4. The average molecular weight is 705 g/mol. The summed E-state index contributed by atoms with van der Waals surface area (Å²) < 4.78 is 108. The number of halogens is 8. The second-order valence-corrected chi connectivity index (χ2v) is 8.19. The standard InChI is InChI=1S/C24H14F8N4.Pt/c1-22(2,17-6-3-5-16(34-17)14-10-9-13(25)11-15(14)26)18-7-4-8-19(35-18)36-12-33-20(23(27,28)29)21(36)24(30,31)32;/h3-9,11H,1-2H3;/q-2;+2. The van der Waals surface area contributed by atoms with Crippen molar-refractivity contribution >= 4 is 0 Å². The molecule has 0 aliphatic rings. The predicted octanol–water partition coefficient (Wildman–Crippen LogP) is 6.57. The maximum absolute atomic E-state index is 14.2. The third-order valence-corrected chi connectivity index (χ3v) is 5.35. The van der Waals surface area contributed by atoms with Crippen LogP contribution in [0.4, 0.5) is 35.1 Å². The van der Waals surface area contributed by atoms with Crippen LogP contribution in [0.1, 0.15) is 36.6 Å². The van der Waals surface area contributed by atoms with Crippen LogP contribution in [0.15, 0.2) is 48.5 Å². The van der Waals surface area contributed by atoms with Crippen molar-refractivity contribution in [2.45, 2.75) is 31.6 Å². The van der Waals surface area contributed by atoms with E-state index < -0.39 is 46.6 Å². The predicted molar refractivity (Wildman–Crippen MR) is 111 cm³/mol. The number of pyridine rings is 2. The molecule has 0 aliphatic carbocycles. The Bertz CT molecular complexity index is 1430. The van der Waals surface area contributed by atoms with Crippen LogP contribution in [0, 0.1) is 24.0 Å². The fraction of sp³-hybridized carbons (Fsp3) is 0.208. The number of imidazole rings is 1. The van der Waals surface area contributed by atoms with Crippen molar-refractivity contribution in [3.8, 4) is 17.1 Å². The van der Waals surface area contributed by atoms with Gasteiger partial charge < -0.3 is 14.5 Å². The molecule has 0 bridgehead atoms. The smallest absolute Gasteiger partial charge is 0.407 e. The third-order valence-electron chi connectivity index (χ3n) is 5.35. The molecule has 1 aromatic carbocycles. The molecule has 196 valence electrons. The van der Waals surface area contributed by atoms with Gasteiger partial charge in [0.15, 0.2) is 0 Å². The van der Waals surface area contributed by atoms with Crippen molar-refractivity contribution in [1.82, 2.24) is 19.5 Å². The first-order valence-corrected chi connectivity index (χ1v) is 10.2. The monoisotopic (exact) mass is 705 g/mol. The summed E-state index contributed by atoms with van der Waals surface area (Å²) in [6.07, 6.45) is -9.02. The minimum atomic E-state index is -5.39. The molecule has 0 atom stereocenters. The Labute approximate surface area is 219 Å². The number of nitrogens with zero attached hydrogens (tertiary/aromatic N) is 4. The van der Waals surface area contributed by atoms with Crippen LogP contribution in [-0.2, 0) is 38.8 Å². The molecule has 0 saturated carbocycles. The summed E-state index contributed by atoms with van der Waals surface area (Å²) in [6, 6.07) is 12.5. The van der Waals surface area contributed by atoms with Crippen LogP contribution in [0.25, 0.3) is 17.1 Å². The molecule has 4 aromatic rings. The topological polar surface area (TPSA) is 43.6 Å². The second-order valence-electron chi connectivity index (χ2n) is 8.19. The van der Waals surface area contributed by atoms with Gasteiger partial charge in [0.05, 0.1) is 11.5 Å². The van der Waals surface area contributed by atoms with Crippen molar-refractivity contribution in [3.63, 3.8) is 0 Å². The fourth-order valence-corrected chi connectivity index (χ4v) is 3.52. The van der Waals surface area contributed by atoms with Crippen molar-refractivity contribution in [3.05, 3.63) is 95.3 Å². The first-order valence-electron chi connectivity index (χ1n) is 10.2. The van der Waals surface area contributed by atoms with Crippen molar-refractivity contribution in [1.29, 1.82) is 0 Å². The quantitative estimate of drug-likeness (QED) is 0.178. The van der Waals surface area contributed by atoms with E-state index in [0.717, 1.165) is 12.1 Å². The van der Waals surface area contributed by atoms with Crippen LogP contribution in [0.2, 0.25) is 0 Å². The van der Waals surface area contributed by atoms with Gasteiger partial charge in [-0.25, -0.2) is 0 Å². The summed E-state index contributed by atoms with van der Waals surface area (Å²) in [4.78, 5) is 11.3. The zero-order chi connectivity index (χ0) is 26.5. The Morgan fingerprint density at radius 1 is 0.838 bits per heavy atom. The Hall–Kier alpha value is -3.14. The van der Waals surface area contributed by atoms with Gasteiger partial charge in [0.25, 0.3) is 0 Å². The van der Waals surface area contributed by atoms with Gasteiger partial charge in [-0.1, -0.05) is 35.9 Å². The van der Waals surface area contributed by atoms with Gasteiger partial charge in [0.1, 0.15) is 0 Å². The number of benzene rings is 1. The molecule has 0 amide bonds. The minimum absolute atomic E-state index is 0. The summed E-state index contributed by atoms with van der Waals surface area (Å²) in [5, 5.41) is 0. The molecule has 3 heterocycles. The van der Waals surface area contributed by atoms with Crippen LogP contribution in [0.3, 0.4) is 0 Å². The maximum Gasteiger partial charge on any atom is 2.00 e. The molecule has 0 saturated heterocycles. The SMILES string of the molecule is CC(C)(c1cccc(-c2[c-]cc(F)cc2F)n1)c1cccc(-n2[c-]nc(C(F)(F)F)c2C(F)(F)F)n1.[Pt+2]. The van der Waals surface area contributed by atoms with Gasteiger partial charge in [-0.3, -0.25) is 13.8 Å². The fourth-order valence-electron chi connectivity index (χ4n) is 3.52. The van der Waals surface area contributed by atoms with Crippen LogP contribution in [-0.4, -0.2) is 19.5 Å². The molecule has 0 unspecified atom stereocenters. The van der Waals surface area contributed by atoms with Gasteiger partial charge >= 0.3 is 33.4 Å². The van der Waals surface area contributed by atoms with E-state index >= 15 is 0 Å². The number of hydrogen-bond acceptors (Lipinski definition) is 3. The van der Waals surface area contributed by atoms with Crippen LogP contribution >= 0.6 is 0 Å². The van der Waals surface area contributed by atoms with Gasteiger partial charge in [0.2, 0.25) is 0 Å². The Morgan fingerprint density at radius 3 is 2.05 bits per heavy atom. The van der Waals surface area contributed by atoms with E-state index in [1.165, 1.54) is 18.2 Å². The molecule has 3 aromatic heterocycles. The average Bonchev–Trinajstić information content (AvgIpc) is 3.26. The summed E-state index contributed by atoms with van der Waals surface area (Å²) in [5.74, 6) is -2.21. The van der Waals surface area contributed by atoms with Gasteiger partial charge in [-0.05, 0) is 31.7 Å². The Kier molecular flexibility index (Phi) is 7.65. The summed E-state index contributed by atoms with van der Waals surface area (Å²) in [5.41, 5.74) is -4.81. The van der Waals surface area contributed by atoms with E-state index in [4.69, 9.17) is 0 Å². The van der Waals surface area contributed by atoms with Gasteiger partial charge in [0, 0.05) is 40.5 Å². The van der Waals surface area contributed by atoms with Crippen molar-refractivity contribution in [2.24, 2.45) is 0 Å². The summed E-state index contributed by atoms with van der Waals surface area (Å²) in [6.45, 7) is 3.25. The summed E-state index contributed by atoms with van der Waals surface area (Å²) in [7, 11) is 0. The van der Waals surface area contributed by atoms with E-state index in [1.807, 2.05) is 0 Å². The van der Waals surface area contributed by atoms with Crippen molar-refractivity contribution in [2.75, 3.05) is 0 Å². The molecule has 4 nitrogen and oxygen atoms in total. The van der Waals surface area contributed by atoms with E-state index in [0.29, 0.717) is 11.8 Å². The van der Waals surface area contributed by atoms with E-state index in [9.17, 15) is 35.1 Å². The molecular weight excluding hydrogens is 691 g/mol. The largest absolute Gasteiger partial charge is 2.00 e. The minimum Gasteiger partial charge on any atom is -0.407 e. The third kappa shape index (κ3) is 5.58. The van der Waals surface area contributed by atoms with Gasteiger partial charge in [-0.2, -0.15) is 26.3 Å². The number of rotatable bonds is 4. The van der Waals surface area contributed by atoms with Crippen LogP contribution in [0.5, 0.6) is 0 Å². The van der Waals surface area contributed by atoms with Gasteiger partial charge in [-0.15, -0.1) is 12.1 Å². The second kappa shape index (κ2) is 9.96. The van der Waals surface area contributed by atoms with Crippen molar-refractivity contribution < 1.29 is 56.2 Å². The Morgan fingerprint density at radius 2 is 1.46 bits per heavy atom. The normalized spacial score (nSPS) is 12.4. The summed E-state index contributed by atoms with van der Waals surface area (Å²) >= 11 is 0. The molecule has 37 heavy (non-hydrogen) atoms. The molecule has 4 rings (SSSR count). The maximum atomic E-state index is 14.2. The Balaban J connectivity index is 0.00000380. The zero-order valence-corrected chi connectivity index (χ0v) is 21.0. The molecule has 0 spiro atoms. The van der Waals surface area contributed by atoms with E-state index in [1.54, 1.807) is 32.3 Å². The first-order chi connectivity index (χ1) is 16.7. The molecular formula is C24H14F8N4Pt. The van der Waals surface area contributed by atoms with Crippen LogP contribution < -0.4 is 0 Å². The molecule has 0 fully saturated rings. The first kappa shape index (κ1) is 28.4.